The molecule has 3 aromatic carbocycles. The van der Waals surface area contributed by atoms with Gasteiger partial charge in [-0.15, -0.1) is 0 Å². The summed E-state index contributed by atoms with van der Waals surface area (Å²) in [5, 5.41) is 6.85. The normalized spacial score (nSPS) is 11.2. The molecule has 0 bridgehead atoms. The quantitative estimate of drug-likeness (QED) is 0.466. The van der Waals surface area contributed by atoms with E-state index in [-0.39, 0.29) is 10.8 Å². The number of sulfonamides is 1. The van der Waals surface area contributed by atoms with Crippen molar-refractivity contribution in [2.24, 2.45) is 0 Å². The molecule has 0 aliphatic heterocycles. The number of carbonyl (C=O) groups excluding carboxylic acids is 1. The molecule has 1 aromatic heterocycles. The van der Waals surface area contributed by atoms with Crippen molar-refractivity contribution in [3.63, 3.8) is 0 Å². The Hall–Kier alpha value is -3.98. The Kier molecular flexibility index (Phi) is 5.74. The van der Waals surface area contributed by atoms with Gasteiger partial charge in [-0.1, -0.05) is 12.1 Å². The van der Waals surface area contributed by atoms with Crippen LogP contribution in [0.5, 0.6) is 0 Å². The number of anilines is 2. The summed E-state index contributed by atoms with van der Waals surface area (Å²) in [6.45, 7) is 3.78. The average molecular weight is 448 g/mol. The minimum Gasteiger partial charge on any atom is -0.322 e. The van der Waals surface area contributed by atoms with E-state index in [1.54, 1.807) is 47.4 Å². The maximum absolute atomic E-state index is 12.7. The Morgan fingerprint density at radius 1 is 0.938 bits per heavy atom. The molecular formula is C23H21N5O3S. The molecule has 32 heavy (non-hydrogen) atoms. The molecule has 0 aliphatic carbocycles. The topological polar surface area (TPSA) is 106 Å². The molecule has 0 fully saturated rings. The monoisotopic (exact) mass is 447 g/mol. The Morgan fingerprint density at radius 3 is 2.31 bits per heavy atom. The third-order valence-corrected chi connectivity index (χ3v) is 6.47. The first-order valence-electron chi connectivity index (χ1n) is 9.79. The fourth-order valence-corrected chi connectivity index (χ4v) is 4.22. The Balaban J connectivity index is 1.45. The Bertz CT molecular complexity index is 1350. The van der Waals surface area contributed by atoms with E-state index in [0.717, 1.165) is 16.8 Å². The van der Waals surface area contributed by atoms with Crippen LogP contribution in [0.25, 0.3) is 5.69 Å². The number of carbonyl (C=O) groups is 1. The van der Waals surface area contributed by atoms with E-state index in [1.165, 1.54) is 30.6 Å². The molecule has 8 nitrogen and oxygen atoms in total. The van der Waals surface area contributed by atoms with E-state index in [9.17, 15) is 13.2 Å². The average Bonchev–Trinajstić information content (AvgIpc) is 3.32. The molecule has 2 N–H and O–H groups in total. The van der Waals surface area contributed by atoms with Crippen LogP contribution >= 0.6 is 0 Å². The van der Waals surface area contributed by atoms with E-state index in [2.05, 4.69) is 20.1 Å². The number of hydrogen-bond donors (Lipinski definition) is 2. The van der Waals surface area contributed by atoms with Crippen LogP contribution in [-0.4, -0.2) is 29.1 Å². The summed E-state index contributed by atoms with van der Waals surface area (Å²) in [5.41, 5.74) is 4.14. The maximum Gasteiger partial charge on any atom is 0.261 e. The first-order chi connectivity index (χ1) is 15.3. The van der Waals surface area contributed by atoms with Crippen molar-refractivity contribution in [3.05, 3.63) is 96.1 Å². The standard InChI is InChI=1S/C23H21N5O3S/c1-16-4-3-5-22(17(16)2)27-32(30,31)21-12-6-18(7-13-21)23(29)26-19-8-10-20(11-9-19)28-15-24-14-25-28/h3-15,27H,1-2H3,(H,26,29). The van der Waals surface area contributed by atoms with Crippen LogP contribution in [0, 0.1) is 13.8 Å². The third-order valence-electron chi connectivity index (χ3n) is 5.08. The molecule has 1 heterocycles. The molecule has 0 spiro atoms. The molecule has 0 saturated heterocycles. The summed E-state index contributed by atoms with van der Waals surface area (Å²) in [5.74, 6) is -0.343. The Labute approximate surface area is 186 Å². The van der Waals surface area contributed by atoms with Gasteiger partial charge in [-0.3, -0.25) is 9.52 Å². The number of hydrogen-bond acceptors (Lipinski definition) is 5. The summed E-state index contributed by atoms with van der Waals surface area (Å²) < 4.78 is 29.7. The van der Waals surface area contributed by atoms with Crippen molar-refractivity contribution in [1.82, 2.24) is 14.8 Å². The second kappa shape index (κ2) is 8.64. The zero-order valence-corrected chi connectivity index (χ0v) is 18.3. The predicted molar refractivity (Wildman–Crippen MR) is 122 cm³/mol. The molecule has 4 aromatic rings. The highest BCUT2D eigenvalue weighted by atomic mass is 32.2. The first kappa shape index (κ1) is 21.3. The fraction of sp³-hybridized carbons (Fsp3) is 0.0870. The number of aromatic nitrogens is 3. The van der Waals surface area contributed by atoms with Crippen LogP contribution in [0.2, 0.25) is 0 Å². The summed E-state index contributed by atoms with van der Waals surface area (Å²) in [7, 11) is -3.78. The van der Waals surface area contributed by atoms with E-state index in [1.807, 2.05) is 19.9 Å². The van der Waals surface area contributed by atoms with E-state index < -0.39 is 10.0 Å². The van der Waals surface area contributed by atoms with Crippen LogP contribution in [0.1, 0.15) is 21.5 Å². The van der Waals surface area contributed by atoms with Crippen molar-refractivity contribution in [3.8, 4) is 5.69 Å². The zero-order chi connectivity index (χ0) is 22.7. The molecule has 0 unspecified atom stereocenters. The van der Waals surface area contributed by atoms with Crippen LogP contribution in [-0.2, 0) is 10.0 Å². The molecule has 4 rings (SSSR count). The van der Waals surface area contributed by atoms with Crippen LogP contribution in [0.3, 0.4) is 0 Å². The van der Waals surface area contributed by atoms with Crippen molar-refractivity contribution in [1.29, 1.82) is 0 Å². The lowest BCUT2D eigenvalue weighted by Crippen LogP contribution is -2.15. The summed E-state index contributed by atoms with van der Waals surface area (Å²) in [6, 6.07) is 18.3. The van der Waals surface area contributed by atoms with Gasteiger partial charge in [0.2, 0.25) is 0 Å². The van der Waals surface area contributed by atoms with Crippen molar-refractivity contribution in [2.75, 3.05) is 10.0 Å². The Morgan fingerprint density at radius 2 is 1.66 bits per heavy atom. The summed E-state index contributed by atoms with van der Waals surface area (Å²) >= 11 is 0. The van der Waals surface area contributed by atoms with Crippen molar-refractivity contribution < 1.29 is 13.2 Å². The molecule has 0 saturated carbocycles. The minimum atomic E-state index is -3.78. The second-order valence-corrected chi connectivity index (χ2v) is 8.90. The lowest BCUT2D eigenvalue weighted by molar-refractivity contribution is 0.102. The van der Waals surface area contributed by atoms with Gasteiger partial charge < -0.3 is 5.32 Å². The van der Waals surface area contributed by atoms with E-state index in [0.29, 0.717) is 16.9 Å². The van der Waals surface area contributed by atoms with Gasteiger partial charge in [-0.2, -0.15) is 5.10 Å². The lowest BCUT2D eigenvalue weighted by atomic mass is 10.1. The molecule has 0 radical (unpaired) electrons. The highest BCUT2D eigenvalue weighted by Crippen LogP contribution is 2.22. The van der Waals surface area contributed by atoms with Crippen LogP contribution in [0.15, 0.2) is 84.3 Å². The van der Waals surface area contributed by atoms with Gasteiger partial charge in [0.15, 0.2) is 0 Å². The number of nitrogens with zero attached hydrogens (tertiary/aromatic N) is 3. The van der Waals surface area contributed by atoms with Gasteiger partial charge in [0.05, 0.1) is 16.3 Å². The second-order valence-electron chi connectivity index (χ2n) is 7.22. The molecule has 0 aliphatic rings. The number of nitrogens with one attached hydrogen (secondary N) is 2. The maximum atomic E-state index is 12.7. The number of amides is 1. The predicted octanol–water partition coefficient (Wildman–Crippen LogP) is 3.94. The van der Waals surface area contributed by atoms with Gasteiger partial charge in [-0.05, 0) is 79.6 Å². The molecule has 0 atom stereocenters. The van der Waals surface area contributed by atoms with Crippen molar-refractivity contribution >= 4 is 27.3 Å². The molecular weight excluding hydrogens is 426 g/mol. The fourth-order valence-electron chi connectivity index (χ4n) is 3.09. The summed E-state index contributed by atoms with van der Waals surface area (Å²) in [6.07, 6.45) is 3.02. The zero-order valence-electron chi connectivity index (χ0n) is 17.5. The van der Waals surface area contributed by atoms with Crippen molar-refractivity contribution in [2.45, 2.75) is 18.7 Å². The molecule has 1 amide bonds. The summed E-state index contributed by atoms with van der Waals surface area (Å²) in [4.78, 5) is 16.5. The molecule has 9 heteroatoms. The van der Waals surface area contributed by atoms with Gasteiger partial charge in [-0.25, -0.2) is 18.1 Å². The first-order valence-corrected chi connectivity index (χ1v) is 11.3. The van der Waals surface area contributed by atoms with Gasteiger partial charge in [0.1, 0.15) is 12.7 Å². The number of aryl methyl sites for hydroxylation is 1. The highest BCUT2D eigenvalue weighted by Gasteiger charge is 2.17. The lowest BCUT2D eigenvalue weighted by Gasteiger charge is -2.12. The van der Waals surface area contributed by atoms with Gasteiger partial charge in [0.25, 0.3) is 15.9 Å². The van der Waals surface area contributed by atoms with E-state index in [4.69, 9.17) is 0 Å². The van der Waals surface area contributed by atoms with Gasteiger partial charge >= 0.3 is 0 Å². The smallest absolute Gasteiger partial charge is 0.261 e. The van der Waals surface area contributed by atoms with Crippen LogP contribution in [0.4, 0.5) is 11.4 Å². The van der Waals surface area contributed by atoms with Crippen LogP contribution < -0.4 is 10.0 Å². The van der Waals surface area contributed by atoms with E-state index >= 15 is 0 Å². The SMILES string of the molecule is Cc1cccc(NS(=O)(=O)c2ccc(C(=O)Nc3ccc(-n4cncn4)cc3)cc2)c1C. The minimum absolute atomic E-state index is 0.0761. The number of benzene rings is 3. The largest absolute Gasteiger partial charge is 0.322 e. The van der Waals surface area contributed by atoms with Gasteiger partial charge in [0, 0.05) is 11.3 Å². The third kappa shape index (κ3) is 4.52. The highest BCUT2D eigenvalue weighted by molar-refractivity contribution is 7.92. The molecule has 162 valence electrons. The number of rotatable bonds is 6.